The molecule has 0 unspecified atom stereocenters. The van der Waals surface area contributed by atoms with Crippen LogP contribution in [0.15, 0.2) is 18.2 Å². The molecule has 0 saturated heterocycles. The summed E-state index contributed by atoms with van der Waals surface area (Å²) in [5.41, 5.74) is 2.29. The van der Waals surface area contributed by atoms with E-state index in [0.29, 0.717) is 16.3 Å². The molecule has 34 heavy (non-hydrogen) atoms. The molecule has 1 aliphatic carbocycles. The summed E-state index contributed by atoms with van der Waals surface area (Å²) in [6.07, 6.45) is 3.81. The summed E-state index contributed by atoms with van der Waals surface area (Å²) in [5, 5.41) is 6.84. The standard InChI is InChI=1S/C24H28N2O6S2/c1-4-30-21(27)14-11-12-15(22(28)31-5-2)17(13-14)25-24(33)26-20-19(23(29)32-6-3)16-9-7-8-10-18(16)34-20/h11-13H,4-10H2,1-3H3,(H2,25,26,33). The Balaban J connectivity index is 1.90. The van der Waals surface area contributed by atoms with Crippen molar-refractivity contribution >= 4 is 57.3 Å². The third kappa shape index (κ3) is 5.92. The molecule has 0 bridgehead atoms. The molecule has 3 rings (SSSR count). The van der Waals surface area contributed by atoms with E-state index in [2.05, 4.69) is 10.6 Å². The predicted molar refractivity (Wildman–Crippen MR) is 135 cm³/mol. The number of thiophene rings is 1. The van der Waals surface area contributed by atoms with Crippen LogP contribution >= 0.6 is 23.6 Å². The fraction of sp³-hybridized carbons (Fsp3) is 0.417. The summed E-state index contributed by atoms with van der Waals surface area (Å²) < 4.78 is 15.5. The summed E-state index contributed by atoms with van der Waals surface area (Å²) in [6, 6.07) is 4.48. The summed E-state index contributed by atoms with van der Waals surface area (Å²) in [6.45, 7) is 5.88. The Hall–Kier alpha value is -2.98. The number of benzene rings is 1. The number of ether oxygens (including phenoxy) is 3. The van der Waals surface area contributed by atoms with Crippen LogP contribution in [-0.4, -0.2) is 42.8 Å². The van der Waals surface area contributed by atoms with Crippen LogP contribution in [0.5, 0.6) is 0 Å². The van der Waals surface area contributed by atoms with Crippen molar-refractivity contribution in [3.05, 3.63) is 45.3 Å². The van der Waals surface area contributed by atoms with Gasteiger partial charge in [-0.05, 0) is 82.4 Å². The lowest BCUT2D eigenvalue weighted by Gasteiger charge is -2.15. The molecule has 0 spiro atoms. The van der Waals surface area contributed by atoms with Crippen LogP contribution in [0, 0.1) is 0 Å². The largest absolute Gasteiger partial charge is 0.462 e. The molecular weight excluding hydrogens is 476 g/mol. The number of anilines is 2. The van der Waals surface area contributed by atoms with E-state index in [4.69, 9.17) is 26.4 Å². The van der Waals surface area contributed by atoms with E-state index in [-0.39, 0.29) is 42.0 Å². The molecule has 0 radical (unpaired) electrons. The number of fused-ring (bicyclic) bond motifs is 1. The minimum atomic E-state index is -0.554. The lowest BCUT2D eigenvalue weighted by atomic mass is 9.95. The van der Waals surface area contributed by atoms with E-state index in [1.165, 1.54) is 29.5 Å². The number of aryl methyl sites for hydroxylation is 1. The minimum absolute atomic E-state index is 0.163. The second-order valence-corrected chi connectivity index (χ2v) is 8.93. The molecular formula is C24H28N2O6S2. The van der Waals surface area contributed by atoms with Gasteiger partial charge in [0.1, 0.15) is 5.00 Å². The van der Waals surface area contributed by atoms with Gasteiger partial charge in [0.15, 0.2) is 5.11 Å². The Labute approximate surface area is 208 Å². The molecule has 0 saturated carbocycles. The zero-order valence-electron chi connectivity index (χ0n) is 19.4. The van der Waals surface area contributed by atoms with Gasteiger partial charge in [-0.1, -0.05) is 0 Å². The Morgan fingerprint density at radius 1 is 0.912 bits per heavy atom. The fourth-order valence-electron chi connectivity index (χ4n) is 3.71. The molecule has 1 aromatic carbocycles. The first-order chi connectivity index (χ1) is 16.4. The minimum Gasteiger partial charge on any atom is -0.462 e. The van der Waals surface area contributed by atoms with Crippen LogP contribution < -0.4 is 10.6 Å². The van der Waals surface area contributed by atoms with E-state index in [0.717, 1.165) is 36.1 Å². The van der Waals surface area contributed by atoms with Gasteiger partial charge in [-0.2, -0.15) is 0 Å². The van der Waals surface area contributed by atoms with Gasteiger partial charge >= 0.3 is 17.9 Å². The number of carbonyl (C=O) groups is 3. The number of rotatable bonds is 8. The van der Waals surface area contributed by atoms with Crippen molar-refractivity contribution in [2.45, 2.75) is 46.5 Å². The quantitative estimate of drug-likeness (QED) is 0.293. The molecule has 10 heteroatoms. The number of hydrogen-bond donors (Lipinski definition) is 2. The predicted octanol–water partition coefficient (Wildman–Crippen LogP) is 4.97. The van der Waals surface area contributed by atoms with E-state index in [1.54, 1.807) is 20.8 Å². The number of nitrogens with one attached hydrogen (secondary N) is 2. The first-order valence-electron chi connectivity index (χ1n) is 11.3. The van der Waals surface area contributed by atoms with E-state index in [9.17, 15) is 14.4 Å². The molecule has 1 aromatic heterocycles. The molecule has 8 nitrogen and oxygen atoms in total. The Morgan fingerprint density at radius 2 is 1.56 bits per heavy atom. The Kier molecular flexibility index (Phi) is 9.00. The highest BCUT2D eigenvalue weighted by Gasteiger charge is 2.27. The molecule has 182 valence electrons. The van der Waals surface area contributed by atoms with Gasteiger partial charge in [0.25, 0.3) is 0 Å². The molecule has 0 amide bonds. The summed E-state index contributed by atoms with van der Waals surface area (Å²) >= 11 is 6.99. The van der Waals surface area contributed by atoms with Crippen molar-refractivity contribution in [2.24, 2.45) is 0 Å². The monoisotopic (exact) mass is 504 g/mol. The van der Waals surface area contributed by atoms with Crippen LogP contribution in [0.4, 0.5) is 10.7 Å². The number of hydrogen-bond acceptors (Lipinski definition) is 8. The third-order valence-corrected chi connectivity index (χ3v) is 6.56. The van der Waals surface area contributed by atoms with Gasteiger partial charge in [0.05, 0.1) is 42.2 Å². The molecule has 0 aliphatic heterocycles. The SMILES string of the molecule is CCOC(=O)c1ccc(C(=O)OCC)c(NC(=S)Nc2sc3c(c2C(=O)OCC)CCCC3)c1. The Bertz CT molecular complexity index is 1100. The maximum atomic E-state index is 12.7. The van der Waals surface area contributed by atoms with Crippen molar-refractivity contribution in [3.8, 4) is 0 Å². The second-order valence-electron chi connectivity index (χ2n) is 7.42. The third-order valence-electron chi connectivity index (χ3n) is 5.15. The normalized spacial score (nSPS) is 12.3. The van der Waals surface area contributed by atoms with Crippen LogP contribution in [0.1, 0.15) is 75.1 Å². The van der Waals surface area contributed by atoms with E-state index >= 15 is 0 Å². The first kappa shape index (κ1) is 25.6. The molecule has 0 atom stereocenters. The van der Waals surface area contributed by atoms with Crippen LogP contribution in [0.3, 0.4) is 0 Å². The van der Waals surface area contributed by atoms with Crippen molar-refractivity contribution in [1.82, 2.24) is 0 Å². The molecule has 0 fully saturated rings. The summed E-state index contributed by atoms with van der Waals surface area (Å²) in [7, 11) is 0. The number of carbonyl (C=O) groups excluding carboxylic acids is 3. The van der Waals surface area contributed by atoms with Gasteiger partial charge in [-0.3, -0.25) is 0 Å². The molecule has 1 heterocycles. The van der Waals surface area contributed by atoms with Crippen molar-refractivity contribution < 1.29 is 28.6 Å². The maximum Gasteiger partial charge on any atom is 0.341 e. The smallest absolute Gasteiger partial charge is 0.341 e. The van der Waals surface area contributed by atoms with Crippen LogP contribution in [0.2, 0.25) is 0 Å². The van der Waals surface area contributed by atoms with Gasteiger partial charge < -0.3 is 24.8 Å². The topological polar surface area (TPSA) is 103 Å². The summed E-state index contributed by atoms with van der Waals surface area (Å²) in [4.78, 5) is 38.5. The highest BCUT2D eigenvalue weighted by atomic mass is 32.1. The van der Waals surface area contributed by atoms with Gasteiger partial charge in [0.2, 0.25) is 0 Å². The second kappa shape index (κ2) is 11.9. The first-order valence-corrected chi connectivity index (χ1v) is 12.5. The lowest BCUT2D eigenvalue weighted by Crippen LogP contribution is -2.22. The van der Waals surface area contributed by atoms with Crippen molar-refractivity contribution in [2.75, 3.05) is 30.5 Å². The van der Waals surface area contributed by atoms with Gasteiger partial charge in [0, 0.05) is 4.88 Å². The average molecular weight is 505 g/mol. The highest BCUT2D eigenvalue weighted by molar-refractivity contribution is 7.80. The van der Waals surface area contributed by atoms with Crippen LogP contribution in [-0.2, 0) is 27.1 Å². The molecule has 2 N–H and O–H groups in total. The van der Waals surface area contributed by atoms with E-state index in [1.807, 2.05) is 0 Å². The molecule has 2 aromatic rings. The zero-order chi connectivity index (χ0) is 24.7. The molecule has 1 aliphatic rings. The van der Waals surface area contributed by atoms with Crippen molar-refractivity contribution in [3.63, 3.8) is 0 Å². The van der Waals surface area contributed by atoms with Crippen LogP contribution in [0.25, 0.3) is 0 Å². The van der Waals surface area contributed by atoms with Gasteiger partial charge in [-0.25, -0.2) is 14.4 Å². The average Bonchev–Trinajstić information content (AvgIpc) is 3.17. The van der Waals surface area contributed by atoms with E-state index < -0.39 is 11.9 Å². The maximum absolute atomic E-state index is 12.7. The number of thiocarbonyl (C=S) groups is 1. The fourth-order valence-corrected chi connectivity index (χ4v) is 5.26. The van der Waals surface area contributed by atoms with Gasteiger partial charge in [-0.15, -0.1) is 11.3 Å². The lowest BCUT2D eigenvalue weighted by molar-refractivity contribution is 0.0512. The highest BCUT2D eigenvalue weighted by Crippen LogP contribution is 2.38. The summed E-state index contributed by atoms with van der Waals surface area (Å²) in [5.74, 6) is -1.46. The van der Waals surface area contributed by atoms with Crippen molar-refractivity contribution in [1.29, 1.82) is 0 Å². The Morgan fingerprint density at radius 3 is 2.26 bits per heavy atom. The number of esters is 3. The zero-order valence-corrected chi connectivity index (χ0v) is 21.1.